The summed E-state index contributed by atoms with van der Waals surface area (Å²) >= 11 is 0. The summed E-state index contributed by atoms with van der Waals surface area (Å²) in [5.74, 6) is -2.56. The number of hydrogen-bond acceptors (Lipinski definition) is 1. The Kier molecular flexibility index (Phi) is 5.23. The van der Waals surface area contributed by atoms with E-state index in [1.165, 1.54) is 25.3 Å². The number of halogens is 5. The quantitative estimate of drug-likeness (QED) is 0.498. The van der Waals surface area contributed by atoms with Gasteiger partial charge in [0.05, 0.1) is 5.39 Å². The van der Waals surface area contributed by atoms with E-state index in [4.69, 9.17) is 0 Å². The number of ether oxygens (including phenoxy) is 1. The van der Waals surface area contributed by atoms with Crippen molar-refractivity contribution < 1.29 is 26.7 Å². The highest BCUT2D eigenvalue weighted by Crippen LogP contribution is 2.48. The van der Waals surface area contributed by atoms with Crippen LogP contribution in [0.2, 0.25) is 0 Å². The van der Waals surface area contributed by atoms with Gasteiger partial charge in [0.25, 0.3) is 0 Å². The average Bonchev–Trinajstić information content (AvgIpc) is 2.63. The van der Waals surface area contributed by atoms with E-state index >= 15 is 0 Å². The molecule has 0 heterocycles. The second-order valence-corrected chi connectivity index (χ2v) is 8.43. The van der Waals surface area contributed by atoms with Crippen LogP contribution in [0.15, 0.2) is 18.2 Å². The zero-order valence-electron chi connectivity index (χ0n) is 15.7. The molecule has 0 N–H and O–H groups in total. The molecule has 0 bridgehead atoms. The molecular formula is C22H23F5O. The Bertz CT molecular complexity index is 881. The predicted octanol–water partition coefficient (Wildman–Crippen LogP) is 7.18. The van der Waals surface area contributed by atoms with Gasteiger partial charge in [-0.05, 0) is 78.9 Å². The molecular weight excluding hydrogens is 375 g/mol. The number of fused-ring (bicyclic) bond motifs is 2. The minimum absolute atomic E-state index is 0.0333. The highest BCUT2D eigenvalue weighted by Gasteiger charge is 2.35. The Labute approximate surface area is 160 Å². The maximum atomic E-state index is 14.7. The number of hydrogen-bond donors (Lipinski definition) is 0. The topological polar surface area (TPSA) is 9.23 Å². The highest BCUT2D eigenvalue weighted by molar-refractivity contribution is 5.86. The van der Waals surface area contributed by atoms with Gasteiger partial charge >= 0.3 is 6.61 Å². The van der Waals surface area contributed by atoms with Crippen LogP contribution in [0.3, 0.4) is 0 Å². The van der Waals surface area contributed by atoms with Crippen LogP contribution in [0, 0.1) is 35.2 Å². The molecule has 1 nitrogen and oxygen atoms in total. The summed E-state index contributed by atoms with van der Waals surface area (Å²) in [4.78, 5) is 0. The number of rotatable bonds is 3. The van der Waals surface area contributed by atoms with Gasteiger partial charge < -0.3 is 4.74 Å². The molecule has 2 aliphatic rings. The molecule has 152 valence electrons. The summed E-state index contributed by atoms with van der Waals surface area (Å²) in [5, 5.41) is -0.480. The van der Waals surface area contributed by atoms with Crippen LogP contribution >= 0.6 is 0 Å². The standard InChI is InChI=1S/C22H23F5O/c1-11-2-3-13-7-14(5-4-12(13)6-11)15-8-16-10-18(24)21(28-22(26)27)20(25)19(16)17(23)9-15/h8-14,22H,2-7H2,1H3. The van der Waals surface area contributed by atoms with Crippen molar-refractivity contribution in [2.45, 2.75) is 58.0 Å². The molecule has 0 aliphatic heterocycles. The molecule has 2 saturated carbocycles. The zero-order chi connectivity index (χ0) is 20.0. The molecule has 2 aromatic rings. The molecule has 0 radical (unpaired) electrons. The summed E-state index contributed by atoms with van der Waals surface area (Å²) in [6.07, 6.45) is 6.60. The first kappa shape index (κ1) is 19.5. The Morgan fingerprint density at radius 3 is 2.36 bits per heavy atom. The van der Waals surface area contributed by atoms with E-state index < -0.39 is 35.2 Å². The van der Waals surface area contributed by atoms with Crippen molar-refractivity contribution in [3.8, 4) is 5.75 Å². The molecule has 6 heteroatoms. The van der Waals surface area contributed by atoms with Crippen molar-refractivity contribution in [3.63, 3.8) is 0 Å². The fourth-order valence-electron chi connectivity index (χ4n) is 5.28. The van der Waals surface area contributed by atoms with Gasteiger partial charge in [-0.3, -0.25) is 0 Å². The van der Waals surface area contributed by atoms with Crippen LogP contribution in [0.25, 0.3) is 10.8 Å². The third-order valence-corrected chi connectivity index (χ3v) is 6.61. The molecule has 4 rings (SSSR count). The average molecular weight is 398 g/mol. The van der Waals surface area contributed by atoms with E-state index in [1.807, 2.05) is 0 Å². The lowest BCUT2D eigenvalue weighted by molar-refractivity contribution is -0.0544. The largest absolute Gasteiger partial charge is 0.429 e. The smallest absolute Gasteiger partial charge is 0.387 e. The molecule has 2 aromatic carbocycles. The molecule has 0 amide bonds. The van der Waals surface area contributed by atoms with Crippen LogP contribution in [0.1, 0.15) is 56.9 Å². The Morgan fingerprint density at radius 2 is 1.61 bits per heavy atom. The van der Waals surface area contributed by atoms with Crippen molar-refractivity contribution in [2.24, 2.45) is 17.8 Å². The first-order valence-electron chi connectivity index (χ1n) is 9.89. The maximum Gasteiger partial charge on any atom is 0.387 e. The van der Waals surface area contributed by atoms with E-state index in [1.54, 1.807) is 6.07 Å². The van der Waals surface area contributed by atoms with E-state index in [0.29, 0.717) is 11.8 Å². The Morgan fingerprint density at radius 1 is 0.893 bits per heavy atom. The molecule has 4 unspecified atom stereocenters. The lowest BCUT2D eigenvalue weighted by atomic mass is 9.64. The lowest BCUT2D eigenvalue weighted by Gasteiger charge is -2.41. The first-order chi connectivity index (χ1) is 13.3. The van der Waals surface area contributed by atoms with E-state index in [2.05, 4.69) is 11.7 Å². The Balaban J connectivity index is 1.66. The van der Waals surface area contributed by atoms with Crippen molar-refractivity contribution >= 4 is 10.8 Å². The van der Waals surface area contributed by atoms with Gasteiger partial charge in [0.1, 0.15) is 5.82 Å². The van der Waals surface area contributed by atoms with Crippen LogP contribution in [0.5, 0.6) is 5.75 Å². The van der Waals surface area contributed by atoms with Crippen molar-refractivity contribution in [2.75, 3.05) is 0 Å². The normalized spacial score (nSPS) is 27.8. The number of alkyl halides is 2. The lowest BCUT2D eigenvalue weighted by Crippen LogP contribution is -2.29. The second-order valence-electron chi connectivity index (χ2n) is 8.43. The molecule has 2 aliphatic carbocycles. The molecule has 0 aromatic heterocycles. The van der Waals surface area contributed by atoms with Gasteiger partial charge in [-0.2, -0.15) is 8.78 Å². The van der Waals surface area contributed by atoms with Gasteiger partial charge in [-0.15, -0.1) is 0 Å². The van der Waals surface area contributed by atoms with Crippen molar-refractivity contribution in [3.05, 3.63) is 41.2 Å². The van der Waals surface area contributed by atoms with Gasteiger partial charge in [-0.1, -0.05) is 19.4 Å². The van der Waals surface area contributed by atoms with E-state index in [-0.39, 0.29) is 11.3 Å². The van der Waals surface area contributed by atoms with Crippen LogP contribution < -0.4 is 4.74 Å². The predicted molar refractivity (Wildman–Crippen MR) is 97.0 cm³/mol. The number of benzene rings is 2. The second kappa shape index (κ2) is 7.53. The SMILES string of the molecule is CC1CCC2CC(c3cc(F)c4c(F)c(OC(F)F)c(F)cc4c3)CCC2C1. The molecule has 28 heavy (non-hydrogen) atoms. The van der Waals surface area contributed by atoms with Gasteiger partial charge in [-0.25, -0.2) is 13.2 Å². The van der Waals surface area contributed by atoms with Gasteiger partial charge in [0.2, 0.25) is 0 Å². The summed E-state index contributed by atoms with van der Waals surface area (Å²) in [5.41, 5.74) is 0.725. The van der Waals surface area contributed by atoms with Crippen molar-refractivity contribution in [1.29, 1.82) is 0 Å². The van der Waals surface area contributed by atoms with E-state index in [9.17, 15) is 22.0 Å². The van der Waals surface area contributed by atoms with Crippen molar-refractivity contribution in [1.82, 2.24) is 0 Å². The fourth-order valence-corrected chi connectivity index (χ4v) is 5.28. The summed E-state index contributed by atoms with van der Waals surface area (Å²) in [6, 6.07) is 3.73. The third-order valence-electron chi connectivity index (χ3n) is 6.61. The minimum Gasteiger partial charge on any atom is -0.429 e. The molecule has 2 fully saturated rings. The maximum absolute atomic E-state index is 14.7. The Hall–Kier alpha value is -1.85. The molecule has 0 spiro atoms. The highest BCUT2D eigenvalue weighted by atomic mass is 19.3. The first-order valence-corrected chi connectivity index (χ1v) is 9.89. The fraction of sp³-hybridized carbons (Fsp3) is 0.545. The van der Waals surface area contributed by atoms with Crippen LogP contribution in [-0.4, -0.2) is 6.61 Å². The summed E-state index contributed by atoms with van der Waals surface area (Å²) in [7, 11) is 0. The van der Waals surface area contributed by atoms with Crippen LogP contribution in [-0.2, 0) is 0 Å². The summed E-state index contributed by atoms with van der Waals surface area (Å²) in [6.45, 7) is -1.10. The zero-order valence-corrected chi connectivity index (χ0v) is 15.7. The molecule has 0 saturated heterocycles. The molecule has 4 atom stereocenters. The monoisotopic (exact) mass is 398 g/mol. The summed E-state index contributed by atoms with van der Waals surface area (Å²) < 4.78 is 71.9. The van der Waals surface area contributed by atoms with Gasteiger partial charge in [0.15, 0.2) is 17.4 Å². The van der Waals surface area contributed by atoms with E-state index in [0.717, 1.165) is 36.8 Å². The minimum atomic E-state index is -3.39. The van der Waals surface area contributed by atoms with Gasteiger partial charge in [0, 0.05) is 0 Å². The third kappa shape index (κ3) is 3.58. The van der Waals surface area contributed by atoms with Crippen LogP contribution in [0.4, 0.5) is 22.0 Å².